The molecule has 0 atom stereocenters. The zero-order chi connectivity index (χ0) is 13.7. The molecule has 0 bridgehead atoms. The van der Waals surface area contributed by atoms with Crippen molar-refractivity contribution in [3.63, 3.8) is 0 Å². The molecule has 5 heteroatoms. The van der Waals surface area contributed by atoms with E-state index >= 15 is 0 Å². The highest BCUT2D eigenvalue weighted by molar-refractivity contribution is 5.44. The summed E-state index contributed by atoms with van der Waals surface area (Å²) in [6, 6.07) is 5.18. The van der Waals surface area contributed by atoms with Gasteiger partial charge in [-0.1, -0.05) is 12.1 Å². The van der Waals surface area contributed by atoms with Crippen molar-refractivity contribution in [3.8, 4) is 0 Å². The van der Waals surface area contributed by atoms with E-state index in [0.29, 0.717) is 13.2 Å². The van der Waals surface area contributed by atoms with Gasteiger partial charge in [0, 0.05) is 31.3 Å². The van der Waals surface area contributed by atoms with Gasteiger partial charge >= 0.3 is 0 Å². The van der Waals surface area contributed by atoms with Crippen LogP contribution in [0.15, 0.2) is 18.2 Å². The lowest BCUT2D eigenvalue weighted by atomic mass is 10.1. The van der Waals surface area contributed by atoms with Crippen LogP contribution in [0.25, 0.3) is 0 Å². The van der Waals surface area contributed by atoms with Crippen LogP contribution in [-0.2, 0) is 11.3 Å². The number of benzene rings is 1. The Labute approximate surface area is 113 Å². The van der Waals surface area contributed by atoms with Gasteiger partial charge in [-0.15, -0.1) is 0 Å². The molecule has 1 aliphatic rings. The van der Waals surface area contributed by atoms with E-state index in [0.717, 1.165) is 30.2 Å². The average Bonchev–Trinajstić information content (AvgIpc) is 3.19. The van der Waals surface area contributed by atoms with Gasteiger partial charge in [0.1, 0.15) is 0 Å². The van der Waals surface area contributed by atoms with E-state index in [1.54, 1.807) is 13.0 Å². The molecule has 0 spiro atoms. The first-order valence-electron chi connectivity index (χ1n) is 6.70. The molecule has 5 nitrogen and oxygen atoms in total. The number of nitro benzene ring substituents is 1. The van der Waals surface area contributed by atoms with Crippen molar-refractivity contribution >= 4 is 5.69 Å². The summed E-state index contributed by atoms with van der Waals surface area (Å²) in [5.74, 6) is 0.791. The van der Waals surface area contributed by atoms with Gasteiger partial charge in [0.2, 0.25) is 0 Å². The number of nitrogens with zero attached hydrogens (tertiary/aromatic N) is 1. The number of hydrogen-bond acceptors (Lipinski definition) is 4. The van der Waals surface area contributed by atoms with Gasteiger partial charge in [-0.05, 0) is 31.2 Å². The Morgan fingerprint density at radius 3 is 2.95 bits per heavy atom. The van der Waals surface area contributed by atoms with Crippen LogP contribution in [0.2, 0.25) is 0 Å². The predicted molar refractivity (Wildman–Crippen MR) is 73.1 cm³/mol. The molecule has 0 unspecified atom stereocenters. The Hall–Kier alpha value is -1.46. The molecule has 0 amide bonds. The second kappa shape index (κ2) is 6.63. The molecule has 1 N–H and O–H groups in total. The Bertz CT molecular complexity index is 444. The summed E-state index contributed by atoms with van der Waals surface area (Å²) in [4.78, 5) is 10.5. The van der Waals surface area contributed by atoms with Crippen molar-refractivity contribution < 1.29 is 9.66 Å². The van der Waals surface area contributed by atoms with Crippen molar-refractivity contribution in [1.82, 2.24) is 5.32 Å². The third kappa shape index (κ3) is 4.29. The standard InChI is InChI=1S/C14H20N2O3/c1-11-13(3-2-4-14(11)16(17)18)9-15-7-8-19-10-12-5-6-12/h2-4,12,15H,5-10H2,1H3. The first-order chi connectivity index (χ1) is 9.18. The maximum Gasteiger partial charge on any atom is 0.272 e. The smallest absolute Gasteiger partial charge is 0.272 e. The molecule has 1 aromatic rings. The quantitative estimate of drug-likeness (QED) is 0.445. The van der Waals surface area contributed by atoms with E-state index in [-0.39, 0.29) is 10.6 Å². The van der Waals surface area contributed by atoms with Gasteiger partial charge in [0.15, 0.2) is 0 Å². The summed E-state index contributed by atoms with van der Waals surface area (Å²) in [6.45, 7) is 4.77. The molecule has 1 aliphatic carbocycles. The molecule has 0 heterocycles. The van der Waals surface area contributed by atoms with Crippen LogP contribution in [0.5, 0.6) is 0 Å². The van der Waals surface area contributed by atoms with Crippen LogP contribution in [0.3, 0.4) is 0 Å². The summed E-state index contributed by atoms with van der Waals surface area (Å²) in [5.41, 5.74) is 1.89. The normalized spacial score (nSPS) is 14.6. The lowest BCUT2D eigenvalue weighted by molar-refractivity contribution is -0.385. The summed E-state index contributed by atoms with van der Waals surface area (Å²) >= 11 is 0. The SMILES string of the molecule is Cc1c(CNCCOCC2CC2)cccc1[N+](=O)[O-]. The Morgan fingerprint density at radius 2 is 2.26 bits per heavy atom. The lowest BCUT2D eigenvalue weighted by Gasteiger charge is -2.08. The van der Waals surface area contributed by atoms with Crippen molar-refractivity contribution in [3.05, 3.63) is 39.4 Å². The Balaban J connectivity index is 1.72. The monoisotopic (exact) mass is 264 g/mol. The van der Waals surface area contributed by atoms with E-state index < -0.39 is 0 Å². The van der Waals surface area contributed by atoms with Gasteiger partial charge in [-0.25, -0.2) is 0 Å². The molecule has 1 fully saturated rings. The molecule has 104 valence electrons. The zero-order valence-electron chi connectivity index (χ0n) is 11.2. The molecule has 2 rings (SSSR count). The number of rotatable bonds is 8. The van der Waals surface area contributed by atoms with Crippen LogP contribution in [-0.4, -0.2) is 24.7 Å². The van der Waals surface area contributed by atoms with Gasteiger partial charge in [-0.3, -0.25) is 10.1 Å². The highest BCUT2D eigenvalue weighted by Crippen LogP contribution is 2.28. The number of ether oxygens (including phenoxy) is 1. The molecular formula is C14H20N2O3. The largest absolute Gasteiger partial charge is 0.380 e. The van der Waals surface area contributed by atoms with Crippen LogP contribution < -0.4 is 5.32 Å². The zero-order valence-corrected chi connectivity index (χ0v) is 11.2. The molecule has 1 saturated carbocycles. The Kier molecular flexibility index (Phi) is 4.87. The summed E-state index contributed by atoms with van der Waals surface area (Å²) in [6.07, 6.45) is 2.61. The summed E-state index contributed by atoms with van der Waals surface area (Å²) in [5, 5.41) is 14.1. The minimum atomic E-state index is -0.336. The average molecular weight is 264 g/mol. The van der Waals surface area contributed by atoms with Crippen molar-refractivity contribution in [2.75, 3.05) is 19.8 Å². The van der Waals surface area contributed by atoms with E-state index in [2.05, 4.69) is 5.32 Å². The van der Waals surface area contributed by atoms with Crippen LogP contribution in [0.4, 0.5) is 5.69 Å². The molecule has 19 heavy (non-hydrogen) atoms. The fourth-order valence-electron chi connectivity index (χ4n) is 1.96. The highest BCUT2D eigenvalue weighted by atomic mass is 16.6. The first-order valence-corrected chi connectivity index (χ1v) is 6.70. The molecule has 1 aromatic carbocycles. The first kappa shape index (κ1) is 14.0. The maximum atomic E-state index is 10.8. The Morgan fingerprint density at radius 1 is 1.47 bits per heavy atom. The van der Waals surface area contributed by atoms with Crippen molar-refractivity contribution in [2.45, 2.75) is 26.3 Å². The summed E-state index contributed by atoms with van der Waals surface area (Å²) < 4.78 is 5.52. The second-order valence-electron chi connectivity index (χ2n) is 5.01. The van der Waals surface area contributed by atoms with E-state index in [9.17, 15) is 10.1 Å². The fraction of sp³-hybridized carbons (Fsp3) is 0.571. The van der Waals surface area contributed by atoms with E-state index in [4.69, 9.17) is 4.74 Å². The van der Waals surface area contributed by atoms with Crippen molar-refractivity contribution in [2.24, 2.45) is 5.92 Å². The minimum Gasteiger partial charge on any atom is -0.380 e. The second-order valence-corrected chi connectivity index (χ2v) is 5.01. The fourth-order valence-corrected chi connectivity index (χ4v) is 1.96. The van der Waals surface area contributed by atoms with Gasteiger partial charge in [0.25, 0.3) is 5.69 Å². The topological polar surface area (TPSA) is 64.4 Å². The number of nitrogens with one attached hydrogen (secondary N) is 1. The maximum absolute atomic E-state index is 10.8. The summed E-state index contributed by atoms with van der Waals surface area (Å²) in [7, 11) is 0. The highest BCUT2D eigenvalue weighted by Gasteiger charge is 2.20. The van der Waals surface area contributed by atoms with Crippen molar-refractivity contribution in [1.29, 1.82) is 0 Å². The third-order valence-electron chi connectivity index (χ3n) is 3.40. The van der Waals surface area contributed by atoms with Crippen LogP contribution in [0.1, 0.15) is 24.0 Å². The van der Waals surface area contributed by atoms with Gasteiger partial charge in [0.05, 0.1) is 11.5 Å². The molecular weight excluding hydrogens is 244 g/mol. The molecule has 0 aliphatic heterocycles. The van der Waals surface area contributed by atoms with Crippen LogP contribution >= 0.6 is 0 Å². The molecule has 0 radical (unpaired) electrons. The van der Waals surface area contributed by atoms with E-state index in [1.165, 1.54) is 18.9 Å². The van der Waals surface area contributed by atoms with Gasteiger partial charge in [-0.2, -0.15) is 0 Å². The predicted octanol–water partition coefficient (Wildman–Crippen LogP) is 2.42. The van der Waals surface area contributed by atoms with E-state index in [1.807, 2.05) is 6.07 Å². The molecule has 0 aromatic heterocycles. The van der Waals surface area contributed by atoms with Gasteiger partial charge < -0.3 is 10.1 Å². The van der Waals surface area contributed by atoms with Crippen LogP contribution in [0, 0.1) is 23.0 Å². The number of hydrogen-bond donors (Lipinski definition) is 1. The minimum absolute atomic E-state index is 0.185. The lowest BCUT2D eigenvalue weighted by Crippen LogP contribution is -2.20. The molecule has 0 saturated heterocycles. The third-order valence-corrected chi connectivity index (χ3v) is 3.40. The number of nitro groups is 1.